The predicted molar refractivity (Wildman–Crippen MR) is 67.0 cm³/mol. The molecule has 2 unspecified atom stereocenters. The Hall–Kier alpha value is -0.290. The van der Waals surface area contributed by atoms with E-state index in [1.54, 1.807) is 0 Å². The van der Waals surface area contributed by atoms with Crippen molar-refractivity contribution >= 4 is 24.0 Å². The van der Waals surface area contributed by atoms with Gasteiger partial charge in [-0.15, -0.1) is 0 Å². The fraction of sp³-hybridized carbons (Fsp3) is 0.800. The van der Waals surface area contributed by atoms with Gasteiger partial charge in [-0.2, -0.15) is 16.9 Å². The van der Waals surface area contributed by atoms with Crippen LogP contribution in [-0.4, -0.2) is 26.3 Å². The number of aromatic nitrogens is 3. The SMILES string of the molecule is CSC1CCCCC1n1c(C)n[nH]c1=S. The second-order valence-corrected chi connectivity index (χ2v) is 5.54. The summed E-state index contributed by atoms with van der Waals surface area (Å²) >= 11 is 7.25. The summed E-state index contributed by atoms with van der Waals surface area (Å²) in [6.45, 7) is 2.03. The summed E-state index contributed by atoms with van der Waals surface area (Å²) in [5.41, 5.74) is 0. The van der Waals surface area contributed by atoms with E-state index in [-0.39, 0.29) is 0 Å². The van der Waals surface area contributed by atoms with Crippen molar-refractivity contribution in [1.82, 2.24) is 14.8 Å². The molecule has 1 aromatic heterocycles. The van der Waals surface area contributed by atoms with Gasteiger partial charge in [0.15, 0.2) is 4.77 Å². The van der Waals surface area contributed by atoms with Crippen molar-refractivity contribution in [1.29, 1.82) is 0 Å². The molecule has 5 heteroatoms. The molecule has 0 aromatic carbocycles. The molecule has 3 nitrogen and oxygen atoms in total. The maximum Gasteiger partial charge on any atom is 0.195 e. The van der Waals surface area contributed by atoms with Crippen molar-refractivity contribution in [2.75, 3.05) is 6.26 Å². The molecule has 1 heterocycles. The van der Waals surface area contributed by atoms with Gasteiger partial charge in [0.25, 0.3) is 0 Å². The lowest BCUT2D eigenvalue weighted by atomic mass is 9.94. The van der Waals surface area contributed by atoms with Crippen molar-refractivity contribution in [3.05, 3.63) is 10.6 Å². The fourth-order valence-corrected chi connectivity index (χ4v) is 3.71. The van der Waals surface area contributed by atoms with Crippen LogP contribution in [0.2, 0.25) is 0 Å². The van der Waals surface area contributed by atoms with Crippen LogP contribution in [0, 0.1) is 11.7 Å². The van der Waals surface area contributed by atoms with E-state index in [1.807, 2.05) is 18.7 Å². The number of nitrogens with zero attached hydrogens (tertiary/aromatic N) is 2. The van der Waals surface area contributed by atoms with Crippen LogP contribution in [0.5, 0.6) is 0 Å². The minimum Gasteiger partial charge on any atom is -0.300 e. The third-order valence-corrected chi connectivity index (χ3v) is 4.63. The summed E-state index contributed by atoms with van der Waals surface area (Å²) in [5, 5.41) is 7.78. The zero-order chi connectivity index (χ0) is 10.8. The van der Waals surface area contributed by atoms with E-state index < -0.39 is 0 Å². The Morgan fingerprint density at radius 2 is 2.20 bits per heavy atom. The number of thioether (sulfide) groups is 1. The predicted octanol–water partition coefficient (Wildman–Crippen LogP) is 3.10. The van der Waals surface area contributed by atoms with Crippen LogP contribution in [-0.2, 0) is 0 Å². The summed E-state index contributed by atoms with van der Waals surface area (Å²) in [4.78, 5) is 0. The first-order chi connectivity index (χ1) is 7.24. The molecule has 0 radical (unpaired) electrons. The third kappa shape index (κ3) is 2.13. The molecule has 1 aliphatic carbocycles. The minimum absolute atomic E-state index is 0.542. The normalized spacial score (nSPS) is 26.8. The smallest absolute Gasteiger partial charge is 0.195 e. The van der Waals surface area contributed by atoms with Crippen molar-refractivity contribution in [3.63, 3.8) is 0 Å². The van der Waals surface area contributed by atoms with E-state index in [9.17, 15) is 0 Å². The zero-order valence-corrected chi connectivity index (χ0v) is 10.8. The molecular formula is C10H17N3S2. The summed E-state index contributed by atoms with van der Waals surface area (Å²) in [6.07, 6.45) is 7.40. The molecule has 1 aromatic rings. The molecular weight excluding hydrogens is 226 g/mol. The van der Waals surface area contributed by atoms with Crippen molar-refractivity contribution < 1.29 is 0 Å². The van der Waals surface area contributed by atoms with Gasteiger partial charge < -0.3 is 4.57 Å². The lowest BCUT2D eigenvalue weighted by molar-refractivity contribution is 0.357. The van der Waals surface area contributed by atoms with Gasteiger partial charge in [0.2, 0.25) is 0 Å². The van der Waals surface area contributed by atoms with E-state index in [0.29, 0.717) is 11.3 Å². The van der Waals surface area contributed by atoms with Gasteiger partial charge in [-0.25, -0.2) is 0 Å². The molecule has 1 aliphatic rings. The summed E-state index contributed by atoms with van der Waals surface area (Å²) < 4.78 is 2.98. The van der Waals surface area contributed by atoms with Crippen molar-refractivity contribution in [2.45, 2.75) is 43.9 Å². The molecule has 1 N–H and O–H groups in total. The Balaban J connectivity index is 2.32. The number of hydrogen-bond donors (Lipinski definition) is 1. The molecule has 0 aliphatic heterocycles. The Labute approximate surface area is 99.7 Å². The lowest BCUT2D eigenvalue weighted by Gasteiger charge is -2.31. The van der Waals surface area contributed by atoms with Gasteiger partial charge in [-0.05, 0) is 38.2 Å². The van der Waals surface area contributed by atoms with E-state index in [1.165, 1.54) is 25.7 Å². The van der Waals surface area contributed by atoms with Gasteiger partial charge in [0.05, 0.1) is 0 Å². The second kappa shape index (κ2) is 4.70. The summed E-state index contributed by atoms with van der Waals surface area (Å²) in [5.74, 6) is 1.02. The van der Waals surface area contributed by atoms with Crippen LogP contribution in [0.1, 0.15) is 37.5 Å². The minimum atomic E-state index is 0.542. The Bertz CT molecular complexity index is 382. The van der Waals surface area contributed by atoms with Crippen LogP contribution in [0.25, 0.3) is 0 Å². The highest BCUT2D eigenvalue weighted by Crippen LogP contribution is 2.36. The van der Waals surface area contributed by atoms with Crippen LogP contribution in [0.4, 0.5) is 0 Å². The van der Waals surface area contributed by atoms with E-state index in [0.717, 1.165) is 10.6 Å². The van der Waals surface area contributed by atoms with Crippen LogP contribution in [0.15, 0.2) is 0 Å². The number of aryl methyl sites for hydroxylation is 1. The van der Waals surface area contributed by atoms with E-state index >= 15 is 0 Å². The van der Waals surface area contributed by atoms with E-state index in [4.69, 9.17) is 12.2 Å². The lowest BCUT2D eigenvalue weighted by Crippen LogP contribution is -2.26. The Morgan fingerprint density at radius 1 is 1.47 bits per heavy atom. The van der Waals surface area contributed by atoms with Gasteiger partial charge in [-0.3, -0.25) is 5.10 Å². The third-order valence-electron chi connectivity index (χ3n) is 3.18. The maximum absolute atomic E-state index is 5.29. The first-order valence-electron chi connectivity index (χ1n) is 5.40. The van der Waals surface area contributed by atoms with Crippen LogP contribution < -0.4 is 0 Å². The molecule has 15 heavy (non-hydrogen) atoms. The average Bonchev–Trinajstić information content (AvgIpc) is 2.59. The maximum atomic E-state index is 5.29. The molecule has 0 saturated heterocycles. The Morgan fingerprint density at radius 3 is 2.80 bits per heavy atom. The van der Waals surface area contributed by atoms with Crippen molar-refractivity contribution in [2.24, 2.45) is 0 Å². The van der Waals surface area contributed by atoms with Gasteiger partial charge in [0.1, 0.15) is 5.82 Å². The quantitative estimate of drug-likeness (QED) is 0.810. The summed E-state index contributed by atoms with van der Waals surface area (Å²) in [7, 11) is 0. The first kappa shape index (κ1) is 11.2. The molecule has 2 rings (SSSR count). The standard InChI is InChI=1S/C10H17N3S2/c1-7-11-12-10(14)13(7)8-5-3-4-6-9(8)15-2/h8-9H,3-6H2,1-2H3,(H,12,14). The molecule has 1 fully saturated rings. The van der Waals surface area contributed by atoms with Crippen molar-refractivity contribution in [3.8, 4) is 0 Å². The summed E-state index contributed by atoms with van der Waals surface area (Å²) in [6, 6.07) is 0.542. The number of hydrogen-bond acceptors (Lipinski definition) is 3. The number of nitrogens with one attached hydrogen (secondary N) is 1. The molecule has 0 amide bonds. The molecule has 1 saturated carbocycles. The fourth-order valence-electron chi connectivity index (χ4n) is 2.42. The number of aromatic amines is 1. The van der Waals surface area contributed by atoms with Gasteiger partial charge in [-0.1, -0.05) is 12.8 Å². The average molecular weight is 243 g/mol. The van der Waals surface area contributed by atoms with Crippen LogP contribution >= 0.6 is 24.0 Å². The topological polar surface area (TPSA) is 33.6 Å². The van der Waals surface area contributed by atoms with Gasteiger partial charge in [0, 0.05) is 11.3 Å². The monoisotopic (exact) mass is 243 g/mol. The zero-order valence-electron chi connectivity index (χ0n) is 9.19. The van der Waals surface area contributed by atoms with E-state index in [2.05, 4.69) is 21.0 Å². The molecule has 0 spiro atoms. The Kier molecular flexibility index (Phi) is 3.51. The largest absolute Gasteiger partial charge is 0.300 e. The first-order valence-corrected chi connectivity index (χ1v) is 7.10. The molecule has 2 atom stereocenters. The molecule has 84 valence electrons. The van der Waals surface area contributed by atoms with Gasteiger partial charge >= 0.3 is 0 Å². The molecule has 0 bridgehead atoms. The number of rotatable bonds is 2. The highest BCUT2D eigenvalue weighted by molar-refractivity contribution is 7.99. The number of H-pyrrole nitrogens is 1. The van der Waals surface area contributed by atoms with Crippen LogP contribution in [0.3, 0.4) is 0 Å². The highest BCUT2D eigenvalue weighted by atomic mass is 32.2. The highest BCUT2D eigenvalue weighted by Gasteiger charge is 2.27. The second-order valence-electron chi connectivity index (χ2n) is 4.07.